The third kappa shape index (κ3) is 2.28. The Balaban J connectivity index is 1.70. The van der Waals surface area contributed by atoms with Gasteiger partial charge in [0, 0.05) is 38.5 Å². The monoisotopic (exact) mass is 233 g/mol. The van der Waals surface area contributed by atoms with Gasteiger partial charge in [0.15, 0.2) is 0 Å². The Morgan fingerprint density at radius 1 is 1.53 bits per heavy atom. The highest BCUT2D eigenvalue weighted by molar-refractivity contribution is 5.47. The van der Waals surface area contributed by atoms with Crippen LogP contribution in [0.15, 0.2) is 18.3 Å². The minimum Gasteiger partial charge on any atom is -0.381 e. The molecule has 1 aromatic rings. The highest BCUT2D eigenvalue weighted by atomic mass is 16.5. The maximum Gasteiger partial charge on any atom is 0.133 e. The van der Waals surface area contributed by atoms with Gasteiger partial charge < -0.3 is 9.64 Å². The largest absolute Gasteiger partial charge is 0.381 e. The van der Waals surface area contributed by atoms with Crippen LogP contribution in [0.4, 0.5) is 5.82 Å². The molecule has 0 aromatic carbocycles. The molecule has 3 heterocycles. The molecule has 0 N–H and O–H groups in total. The molecular weight excluding hydrogens is 214 g/mol. The Morgan fingerprint density at radius 2 is 2.47 bits per heavy atom. The third-order valence-corrected chi connectivity index (χ3v) is 3.58. The van der Waals surface area contributed by atoms with Crippen molar-refractivity contribution in [2.45, 2.75) is 13.0 Å². The molecule has 1 fully saturated rings. The van der Waals surface area contributed by atoms with Crippen LogP contribution in [0.5, 0.6) is 0 Å². The van der Waals surface area contributed by atoms with Crippen LogP contribution in [-0.2, 0) is 11.3 Å². The number of nitrogens with zero attached hydrogens (tertiary/aromatic N) is 3. The van der Waals surface area contributed by atoms with Crippen molar-refractivity contribution < 1.29 is 4.74 Å². The molecule has 1 aromatic heterocycles. The van der Waals surface area contributed by atoms with E-state index in [0.29, 0.717) is 5.92 Å². The van der Waals surface area contributed by atoms with Gasteiger partial charge in [-0.05, 0) is 18.4 Å². The second kappa shape index (κ2) is 4.63. The summed E-state index contributed by atoms with van der Waals surface area (Å²) >= 11 is 0. The molecule has 0 amide bonds. The summed E-state index contributed by atoms with van der Waals surface area (Å²) in [5.41, 5.74) is 1.33. The molecule has 1 saturated heterocycles. The van der Waals surface area contributed by atoms with Crippen LogP contribution in [0.3, 0.4) is 0 Å². The number of hydrogen-bond acceptors (Lipinski definition) is 4. The number of ether oxygens (including phenoxy) is 1. The Hall–Kier alpha value is -1.13. The summed E-state index contributed by atoms with van der Waals surface area (Å²) in [6, 6.07) is 4.20. The zero-order valence-corrected chi connectivity index (χ0v) is 10.3. The summed E-state index contributed by atoms with van der Waals surface area (Å²) in [6.45, 7) is 5.00. The molecule has 2 aliphatic rings. The van der Waals surface area contributed by atoms with E-state index in [4.69, 9.17) is 4.74 Å². The Morgan fingerprint density at radius 3 is 3.29 bits per heavy atom. The van der Waals surface area contributed by atoms with Gasteiger partial charge in [0.1, 0.15) is 5.82 Å². The van der Waals surface area contributed by atoms with Crippen LogP contribution >= 0.6 is 0 Å². The molecule has 0 aliphatic carbocycles. The van der Waals surface area contributed by atoms with E-state index in [1.54, 1.807) is 0 Å². The van der Waals surface area contributed by atoms with Crippen molar-refractivity contribution >= 4 is 5.82 Å². The molecule has 4 nitrogen and oxygen atoms in total. The fourth-order valence-electron chi connectivity index (χ4n) is 2.77. The molecule has 2 aliphatic heterocycles. The predicted octanol–water partition coefficient (Wildman–Crippen LogP) is 1.33. The van der Waals surface area contributed by atoms with Crippen LogP contribution < -0.4 is 4.90 Å². The first-order valence-electron chi connectivity index (χ1n) is 6.28. The number of rotatable bonds is 2. The maximum atomic E-state index is 5.44. The van der Waals surface area contributed by atoms with Gasteiger partial charge in [0.2, 0.25) is 0 Å². The molecule has 4 heteroatoms. The van der Waals surface area contributed by atoms with E-state index in [1.807, 2.05) is 12.3 Å². The van der Waals surface area contributed by atoms with Gasteiger partial charge in [-0.2, -0.15) is 0 Å². The number of hydrogen-bond donors (Lipinski definition) is 0. The smallest absolute Gasteiger partial charge is 0.133 e. The number of fused-ring (bicyclic) bond motifs is 1. The molecule has 0 bridgehead atoms. The second-order valence-electron chi connectivity index (χ2n) is 5.07. The van der Waals surface area contributed by atoms with Crippen molar-refractivity contribution in [3.8, 4) is 0 Å². The van der Waals surface area contributed by atoms with E-state index in [9.17, 15) is 0 Å². The predicted molar refractivity (Wildman–Crippen MR) is 66.8 cm³/mol. The van der Waals surface area contributed by atoms with Crippen molar-refractivity contribution in [1.29, 1.82) is 0 Å². The lowest BCUT2D eigenvalue weighted by molar-refractivity contribution is 0.162. The van der Waals surface area contributed by atoms with Crippen LogP contribution in [0, 0.1) is 5.92 Å². The van der Waals surface area contributed by atoms with Crippen LogP contribution in [-0.4, -0.2) is 43.4 Å². The first kappa shape index (κ1) is 11.0. The van der Waals surface area contributed by atoms with Crippen molar-refractivity contribution in [2.75, 3.05) is 38.4 Å². The van der Waals surface area contributed by atoms with Crippen LogP contribution in [0.1, 0.15) is 12.0 Å². The summed E-state index contributed by atoms with van der Waals surface area (Å²) in [5, 5.41) is 0. The van der Waals surface area contributed by atoms with Crippen molar-refractivity contribution in [2.24, 2.45) is 5.92 Å². The minimum absolute atomic E-state index is 0.710. The summed E-state index contributed by atoms with van der Waals surface area (Å²) in [6.07, 6.45) is 3.08. The fraction of sp³-hybridized carbons (Fsp3) is 0.615. The van der Waals surface area contributed by atoms with E-state index in [0.717, 1.165) is 38.8 Å². The molecule has 17 heavy (non-hydrogen) atoms. The van der Waals surface area contributed by atoms with E-state index in [1.165, 1.54) is 12.0 Å². The molecule has 1 atom stereocenters. The highest BCUT2D eigenvalue weighted by Gasteiger charge is 2.24. The first-order chi connectivity index (χ1) is 8.33. The van der Waals surface area contributed by atoms with E-state index in [2.05, 4.69) is 27.9 Å². The normalized spacial score (nSPS) is 25.0. The maximum absolute atomic E-state index is 5.44. The van der Waals surface area contributed by atoms with Gasteiger partial charge in [0.05, 0.1) is 13.3 Å². The summed E-state index contributed by atoms with van der Waals surface area (Å²) in [5.74, 6) is 1.84. The first-order valence-corrected chi connectivity index (χ1v) is 6.28. The SMILES string of the molecule is CN1CN(CC2CCOC2)Cc2cccnc21. The van der Waals surface area contributed by atoms with Gasteiger partial charge in [-0.25, -0.2) is 4.98 Å². The van der Waals surface area contributed by atoms with Gasteiger partial charge in [-0.1, -0.05) is 6.07 Å². The average Bonchev–Trinajstić information content (AvgIpc) is 2.82. The van der Waals surface area contributed by atoms with Crippen molar-refractivity contribution in [1.82, 2.24) is 9.88 Å². The lowest BCUT2D eigenvalue weighted by Crippen LogP contribution is -2.42. The number of anilines is 1. The lowest BCUT2D eigenvalue weighted by atomic mass is 10.1. The van der Waals surface area contributed by atoms with Crippen molar-refractivity contribution in [3.05, 3.63) is 23.9 Å². The van der Waals surface area contributed by atoms with E-state index < -0.39 is 0 Å². The molecule has 0 radical (unpaired) electrons. The topological polar surface area (TPSA) is 28.6 Å². The van der Waals surface area contributed by atoms with Gasteiger partial charge in [-0.15, -0.1) is 0 Å². The highest BCUT2D eigenvalue weighted by Crippen LogP contribution is 2.25. The molecule has 3 rings (SSSR count). The summed E-state index contributed by atoms with van der Waals surface area (Å²) in [7, 11) is 2.11. The van der Waals surface area contributed by atoms with E-state index >= 15 is 0 Å². The third-order valence-electron chi connectivity index (χ3n) is 3.58. The Bertz CT molecular complexity index is 390. The molecule has 92 valence electrons. The summed E-state index contributed by atoms with van der Waals surface area (Å²) < 4.78 is 5.44. The molecule has 0 saturated carbocycles. The zero-order chi connectivity index (χ0) is 11.7. The minimum atomic E-state index is 0.710. The van der Waals surface area contributed by atoms with Gasteiger partial charge >= 0.3 is 0 Å². The fourth-order valence-corrected chi connectivity index (χ4v) is 2.77. The molecular formula is C13H19N3O. The zero-order valence-electron chi connectivity index (χ0n) is 10.3. The second-order valence-corrected chi connectivity index (χ2v) is 5.07. The van der Waals surface area contributed by atoms with E-state index in [-0.39, 0.29) is 0 Å². The molecule has 0 spiro atoms. The Kier molecular flexibility index (Phi) is 2.99. The number of pyridine rings is 1. The quantitative estimate of drug-likeness (QED) is 0.770. The summed E-state index contributed by atoms with van der Waals surface area (Å²) in [4.78, 5) is 9.16. The van der Waals surface area contributed by atoms with Gasteiger partial charge in [-0.3, -0.25) is 4.90 Å². The number of aromatic nitrogens is 1. The van der Waals surface area contributed by atoms with Crippen LogP contribution in [0.2, 0.25) is 0 Å². The standard InChI is InChI=1S/C13H19N3O/c1-15-10-16(7-11-4-6-17-9-11)8-12-3-2-5-14-13(12)15/h2-3,5,11H,4,6-10H2,1H3. The van der Waals surface area contributed by atoms with Crippen molar-refractivity contribution in [3.63, 3.8) is 0 Å². The lowest BCUT2D eigenvalue weighted by Gasteiger charge is -2.36. The van der Waals surface area contributed by atoms with Crippen LogP contribution in [0.25, 0.3) is 0 Å². The average molecular weight is 233 g/mol. The molecule has 1 unspecified atom stereocenters. The Labute approximate surface area is 102 Å². The van der Waals surface area contributed by atoms with Gasteiger partial charge in [0.25, 0.3) is 0 Å².